The summed E-state index contributed by atoms with van der Waals surface area (Å²) in [5.41, 5.74) is 0. The van der Waals surface area contributed by atoms with Crippen molar-refractivity contribution in [1.29, 1.82) is 0 Å². The van der Waals surface area contributed by atoms with Crippen LogP contribution < -0.4 is 5.32 Å². The van der Waals surface area contributed by atoms with E-state index in [1.807, 2.05) is 0 Å². The van der Waals surface area contributed by atoms with Gasteiger partial charge in [0.15, 0.2) is 0 Å². The van der Waals surface area contributed by atoms with Gasteiger partial charge in [0, 0.05) is 0 Å². The molecule has 0 bridgehead atoms. The van der Waals surface area contributed by atoms with Crippen LogP contribution in [-0.4, -0.2) is 12.5 Å². The maximum absolute atomic E-state index is 10.4. The zero-order valence-electron chi connectivity index (χ0n) is 3.87. The molecular formula is C4H3Cl2NO. The minimum absolute atomic E-state index is 0.117. The fourth-order valence-electron chi connectivity index (χ4n) is 0.436. The quantitative estimate of drug-likeness (QED) is 0.546. The van der Waals surface area contributed by atoms with Gasteiger partial charge in [0.25, 0.3) is 5.91 Å². The fourth-order valence-corrected chi connectivity index (χ4v) is 0.723. The van der Waals surface area contributed by atoms with Gasteiger partial charge in [-0.25, -0.2) is 0 Å². The molecule has 1 aliphatic heterocycles. The van der Waals surface area contributed by atoms with Crippen LogP contribution in [0.3, 0.4) is 0 Å². The molecule has 2 nitrogen and oxygen atoms in total. The molecule has 0 aromatic heterocycles. The first kappa shape index (κ1) is 5.92. The molecule has 1 aliphatic rings. The molecule has 0 aromatic rings. The molecule has 0 aromatic carbocycles. The molecule has 1 amide bonds. The Morgan fingerprint density at radius 2 is 2.12 bits per heavy atom. The number of rotatable bonds is 0. The Labute approximate surface area is 56.5 Å². The normalized spacial score (nSPS) is 19.5. The van der Waals surface area contributed by atoms with Gasteiger partial charge < -0.3 is 5.32 Å². The number of carbonyl (C=O) groups excluding carboxylic acids is 1. The molecule has 8 heavy (non-hydrogen) atoms. The van der Waals surface area contributed by atoms with E-state index < -0.39 is 0 Å². The van der Waals surface area contributed by atoms with Crippen LogP contribution in [-0.2, 0) is 4.79 Å². The molecule has 1 heterocycles. The number of halogens is 2. The van der Waals surface area contributed by atoms with Crippen molar-refractivity contribution in [1.82, 2.24) is 5.32 Å². The number of hydrogen-bond acceptors (Lipinski definition) is 1. The SMILES string of the molecule is O=C1NCC(Cl)=C1Cl. The van der Waals surface area contributed by atoms with Gasteiger partial charge in [-0.05, 0) is 0 Å². The predicted molar refractivity (Wildman–Crippen MR) is 31.7 cm³/mol. The Hall–Kier alpha value is -0.210. The molecule has 0 saturated carbocycles. The molecule has 0 spiro atoms. The number of hydrogen-bond donors (Lipinski definition) is 1. The lowest BCUT2D eigenvalue weighted by Crippen LogP contribution is -2.15. The molecule has 44 valence electrons. The van der Waals surface area contributed by atoms with E-state index in [0.717, 1.165) is 0 Å². The van der Waals surface area contributed by atoms with Crippen LogP contribution in [0.15, 0.2) is 10.1 Å². The second-order valence-electron chi connectivity index (χ2n) is 1.40. The molecule has 0 fully saturated rings. The Balaban J connectivity index is 2.86. The minimum atomic E-state index is -0.281. The summed E-state index contributed by atoms with van der Waals surface area (Å²) < 4.78 is 0. The van der Waals surface area contributed by atoms with Gasteiger partial charge in [-0.3, -0.25) is 4.79 Å². The van der Waals surface area contributed by atoms with Gasteiger partial charge in [0.1, 0.15) is 5.03 Å². The van der Waals surface area contributed by atoms with Crippen molar-refractivity contribution in [2.24, 2.45) is 0 Å². The van der Waals surface area contributed by atoms with Crippen molar-refractivity contribution in [3.63, 3.8) is 0 Å². The van der Waals surface area contributed by atoms with Crippen molar-refractivity contribution in [2.75, 3.05) is 6.54 Å². The molecule has 0 atom stereocenters. The summed E-state index contributed by atoms with van der Waals surface area (Å²) in [4.78, 5) is 10.4. The van der Waals surface area contributed by atoms with Gasteiger partial charge in [0.2, 0.25) is 0 Å². The Morgan fingerprint density at radius 3 is 2.25 bits per heavy atom. The van der Waals surface area contributed by atoms with Crippen LogP contribution in [0.4, 0.5) is 0 Å². The van der Waals surface area contributed by atoms with Crippen LogP contribution in [0.25, 0.3) is 0 Å². The van der Waals surface area contributed by atoms with Gasteiger partial charge >= 0.3 is 0 Å². The van der Waals surface area contributed by atoms with Gasteiger partial charge in [-0.2, -0.15) is 0 Å². The highest BCUT2D eigenvalue weighted by molar-refractivity contribution is 6.49. The Kier molecular flexibility index (Phi) is 1.45. The van der Waals surface area contributed by atoms with E-state index in [9.17, 15) is 4.79 Å². The third-order valence-corrected chi connectivity index (χ3v) is 1.66. The summed E-state index contributed by atoms with van der Waals surface area (Å²) in [5, 5.41) is 2.96. The van der Waals surface area contributed by atoms with Gasteiger partial charge in [0.05, 0.1) is 11.6 Å². The van der Waals surface area contributed by atoms with Crippen LogP contribution in [0.1, 0.15) is 0 Å². The second kappa shape index (κ2) is 1.96. The molecule has 1 N–H and O–H groups in total. The maximum Gasteiger partial charge on any atom is 0.264 e. The third kappa shape index (κ3) is 0.812. The van der Waals surface area contributed by atoms with E-state index in [-0.39, 0.29) is 10.9 Å². The zero-order valence-corrected chi connectivity index (χ0v) is 5.38. The van der Waals surface area contributed by atoms with Crippen molar-refractivity contribution in [3.05, 3.63) is 10.1 Å². The summed E-state index contributed by atoms with van der Waals surface area (Å²) in [6.07, 6.45) is 0. The molecule has 1 rings (SSSR count). The van der Waals surface area contributed by atoms with E-state index in [0.29, 0.717) is 11.6 Å². The van der Waals surface area contributed by atoms with Crippen molar-refractivity contribution in [3.8, 4) is 0 Å². The van der Waals surface area contributed by atoms with E-state index in [4.69, 9.17) is 23.2 Å². The monoisotopic (exact) mass is 151 g/mol. The zero-order chi connectivity index (χ0) is 6.15. The predicted octanol–water partition coefficient (Wildman–Crippen LogP) is 0.805. The lowest BCUT2D eigenvalue weighted by molar-refractivity contribution is -0.116. The summed E-state index contributed by atoms with van der Waals surface area (Å²) in [6.45, 7) is 0.374. The first-order chi connectivity index (χ1) is 3.72. The molecule has 0 aliphatic carbocycles. The maximum atomic E-state index is 10.4. The third-order valence-electron chi connectivity index (χ3n) is 0.842. The number of amides is 1. The highest BCUT2D eigenvalue weighted by atomic mass is 35.5. The van der Waals surface area contributed by atoms with Crippen molar-refractivity contribution < 1.29 is 4.79 Å². The van der Waals surface area contributed by atoms with E-state index in [1.165, 1.54) is 0 Å². The van der Waals surface area contributed by atoms with Crippen molar-refractivity contribution >= 4 is 29.1 Å². The Morgan fingerprint density at radius 1 is 1.50 bits per heavy atom. The lowest BCUT2D eigenvalue weighted by Gasteiger charge is -1.83. The van der Waals surface area contributed by atoms with Crippen LogP contribution in [0.5, 0.6) is 0 Å². The highest BCUT2D eigenvalue weighted by Gasteiger charge is 2.17. The highest BCUT2D eigenvalue weighted by Crippen LogP contribution is 2.17. The van der Waals surface area contributed by atoms with E-state index >= 15 is 0 Å². The summed E-state index contributed by atoms with van der Waals surface area (Å²) >= 11 is 10.8. The van der Waals surface area contributed by atoms with E-state index in [1.54, 1.807) is 0 Å². The summed E-state index contributed by atoms with van der Waals surface area (Å²) in [6, 6.07) is 0. The smallest absolute Gasteiger partial charge is 0.264 e. The second-order valence-corrected chi connectivity index (χ2v) is 2.24. The first-order valence-electron chi connectivity index (χ1n) is 2.04. The average molecular weight is 152 g/mol. The standard InChI is InChI=1S/C4H3Cl2NO/c5-2-1-7-4(8)3(2)6/h1H2,(H,7,8). The number of carbonyl (C=O) groups is 1. The number of nitrogens with one attached hydrogen (secondary N) is 1. The first-order valence-corrected chi connectivity index (χ1v) is 2.80. The molecule has 0 unspecified atom stereocenters. The van der Waals surface area contributed by atoms with Crippen molar-refractivity contribution in [2.45, 2.75) is 0 Å². The fraction of sp³-hybridized carbons (Fsp3) is 0.250. The minimum Gasteiger partial charge on any atom is -0.346 e. The summed E-state index contributed by atoms with van der Waals surface area (Å²) in [5.74, 6) is -0.281. The molecular weight excluding hydrogens is 149 g/mol. The molecule has 4 heteroatoms. The molecule has 0 radical (unpaired) electrons. The average Bonchev–Trinajstić information content (AvgIpc) is 1.98. The Bertz CT molecular complexity index is 163. The molecule has 0 saturated heterocycles. The summed E-state index contributed by atoms with van der Waals surface area (Å²) in [7, 11) is 0. The van der Waals surface area contributed by atoms with Gasteiger partial charge in [-0.1, -0.05) is 23.2 Å². The topological polar surface area (TPSA) is 29.1 Å². The van der Waals surface area contributed by atoms with Gasteiger partial charge in [-0.15, -0.1) is 0 Å². The van der Waals surface area contributed by atoms with Crippen LogP contribution in [0, 0.1) is 0 Å². The van der Waals surface area contributed by atoms with Crippen LogP contribution in [0.2, 0.25) is 0 Å². The van der Waals surface area contributed by atoms with Crippen LogP contribution >= 0.6 is 23.2 Å². The van der Waals surface area contributed by atoms with E-state index in [2.05, 4.69) is 5.32 Å². The largest absolute Gasteiger partial charge is 0.346 e. The lowest BCUT2D eigenvalue weighted by atomic mass is 10.6.